The Morgan fingerprint density at radius 1 is 1.35 bits per heavy atom. The fraction of sp³-hybridized carbons (Fsp3) is 0.600. The van der Waals surface area contributed by atoms with Crippen molar-refractivity contribution >= 4 is 39.0 Å². The summed E-state index contributed by atoms with van der Waals surface area (Å²) in [5.41, 5.74) is 0. The second kappa shape index (κ2) is 4.85. The van der Waals surface area contributed by atoms with Crippen LogP contribution in [-0.2, 0) is 0 Å². The molecule has 5 heteroatoms. The second-order valence-corrected chi connectivity index (χ2v) is 7.49. The molecule has 2 aliphatic carbocycles. The third-order valence-electron chi connectivity index (χ3n) is 5.10. The number of halogens is 1. The van der Waals surface area contributed by atoms with Gasteiger partial charge in [-0.1, -0.05) is 6.42 Å². The van der Waals surface area contributed by atoms with E-state index in [-0.39, 0.29) is 0 Å². The third kappa shape index (κ3) is 2.09. The van der Waals surface area contributed by atoms with E-state index in [9.17, 15) is 0 Å². The summed E-state index contributed by atoms with van der Waals surface area (Å²) in [6.45, 7) is 2.29. The molecule has 1 N–H and O–H groups in total. The summed E-state index contributed by atoms with van der Waals surface area (Å²) in [5.74, 6) is 3.58. The molecule has 106 valence electrons. The number of anilines is 1. The molecule has 2 saturated carbocycles. The molecule has 2 fully saturated rings. The zero-order valence-electron chi connectivity index (χ0n) is 11.5. The summed E-state index contributed by atoms with van der Waals surface area (Å²) >= 11 is 7.64. The van der Waals surface area contributed by atoms with Gasteiger partial charge in [0.1, 0.15) is 10.6 Å². The monoisotopic (exact) mass is 307 g/mol. The van der Waals surface area contributed by atoms with E-state index >= 15 is 0 Å². The average Bonchev–Trinajstić information content (AvgIpc) is 3.13. The van der Waals surface area contributed by atoms with E-state index in [0.29, 0.717) is 11.3 Å². The van der Waals surface area contributed by atoms with Gasteiger partial charge in [0.05, 0.1) is 5.39 Å². The number of nitrogens with zero attached hydrogens (tertiary/aromatic N) is 2. The van der Waals surface area contributed by atoms with Gasteiger partial charge < -0.3 is 5.32 Å². The summed E-state index contributed by atoms with van der Waals surface area (Å²) in [5, 5.41) is 7.08. The molecule has 2 aromatic rings. The highest BCUT2D eigenvalue weighted by molar-refractivity contribution is 7.16. The Kier molecular flexibility index (Phi) is 3.11. The summed E-state index contributed by atoms with van der Waals surface area (Å²) in [6.07, 6.45) is 5.68. The standard InChI is InChI=1S/C15H18ClN3S/c1-8(12-7-9-2-3-10(12)6-9)17-13-11-4-5-20-14(11)19-15(16)18-13/h4-5,8-10,12H,2-3,6-7H2,1H3,(H,17,18,19). The zero-order chi connectivity index (χ0) is 13.7. The number of fused-ring (bicyclic) bond motifs is 3. The van der Waals surface area contributed by atoms with Crippen LogP contribution in [0.25, 0.3) is 10.2 Å². The van der Waals surface area contributed by atoms with Crippen molar-refractivity contribution in [3.05, 3.63) is 16.7 Å². The van der Waals surface area contributed by atoms with Crippen molar-refractivity contribution in [2.75, 3.05) is 5.32 Å². The number of thiophene rings is 1. The lowest BCUT2D eigenvalue weighted by Gasteiger charge is -2.29. The van der Waals surface area contributed by atoms with E-state index in [1.165, 1.54) is 25.7 Å². The predicted octanol–water partition coefficient (Wildman–Crippen LogP) is 4.58. The van der Waals surface area contributed by atoms with Crippen molar-refractivity contribution in [3.63, 3.8) is 0 Å². The lowest BCUT2D eigenvalue weighted by atomic mass is 9.84. The molecule has 0 saturated heterocycles. The molecule has 0 amide bonds. The number of hydrogen-bond acceptors (Lipinski definition) is 4. The minimum absolute atomic E-state index is 0.336. The van der Waals surface area contributed by atoms with Gasteiger partial charge in [-0.3, -0.25) is 0 Å². The Morgan fingerprint density at radius 3 is 3.00 bits per heavy atom. The molecule has 4 rings (SSSR count). The number of rotatable bonds is 3. The molecular weight excluding hydrogens is 290 g/mol. The predicted molar refractivity (Wildman–Crippen MR) is 84.4 cm³/mol. The van der Waals surface area contributed by atoms with Crippen LogP contribution in [0.15, 0.2) is 11.4 Å². The van der Waals surface area contributed by atoms with E-state index in [2.05, 4.69) is 28.3 Å². The number of nitrogens with one attached hydrogen (secondary N) is 1. The molecule has 4 atom stereocenters. The summed E-state index contributed by atoms with van der Waals surface area (Å²) in [6, 6.07) is 2.53. The molecule has 20 heavy (non-hydrogen) atoms. The Labute approximate surface area is 127 Å². The quantitative estimate of drug-likeness (QED) is 0.843. The summed E-state index contributed by atoms with van der Waals surface area (Å²) in [7, 11) is 0. The van der Waals surface area contributed by atoms with Gasteiger partial charge in [-0.25, -0.2) is 9.97 Å². The Morgan fingerprint density at radius 2 is 2.25 bits per heavy atom. The van der Waals surface area contributed by atoms with Crippen molar-refractivity contribution < 1.29 is 0 Å². The fourth-order valence-electron chi connectivity index (χ4n) is 4.17. The Hall–Kier alpha value is -0.870. The van der Waals surface area contributed by atoms with Gasteiger partial charge in [-0.15, -0.1) is 11.3 Å². The van der Waals surface area contributed by atoms with Crippen LogP contribution in [0.3, 0.4) is 0 Å². The number of hydrogen-bond donors (Lipinski definition) is 1. The molecule has 4 unspecified atom stereocenters. The summed E-state index contributed by atoms with van der Waals surface area (Å²) < 4.78 is 0. The average molecular weight is 308 g/mol. The van der Waals surface area contributed by atoms with Crippen LogP contribution in [0, 0.1) is 17.8 Å². The smallest absolute Gasteiger partial charge is 0.225 e. The van der Waals surface area contributed by atoms with Crippen molar-refractivity contribution in [2.45, 2.75) is 38.6 Å². The topological polar surface area (TPSA) is 37.8 Å². The van der Waals surface area contributed by atoms with E-state index < -0.39 is 0 Å². The first kappa shape index (κ1) is 12.8. The Balaban J connectivity index is 1.59. The van der Waals surface area contributed by atoms with Crippen LogP contribution >= 0.6 is 22.9 Å². The lowest BCUT2D eigenvalue weighted by molar-refractivity contribution is 0.304. The van der Waals surface area contributed by atoms with Crippen LogP contribution in [0.5, 0.6) is 0 Å². The number of aromatic nitrogens is 2. The second-order valence-electron chi connectivity index (χ2n) is 6.25. The van der Waals surface area contributed by atoms with Gasteiger partial charge in [0, 0.05) is 6.04 Å². The van der Waals surface area contributed by atoms with Gasteiger partial charge in [-0.05, 0) is 67.0 Å². The largest absolute Gasteiger partial charge is 0.367 e. The lowest BCUT2D eigenvalue weighted by Crippen LogP contribution is -2.30. The molecule has 0 spiro atoms. The van der Waals surface area contributed by atoms with E-state index in [4.69, 9.17) is 11.6 Å². The molecule has 0 aliphatic heterocycles. The first-order valence-corrected chi connectivity index (χ1v) is 8.64. The SMILES string of the molecule is CC(Nc1nc(Cl)nc2sccc12)C1CC2CCC1C2. The molecule has 0 aromatic carbocycles. The maximum absolute atomic E-state index is 6.03. The normalized spacial score (nSPS) is 30.0. The molecule has 2 aromatic heterocycles. The highest BCUT2D eigenvalue weighted by Gasteiger charge is 2.41. The fourth-order valence-corrected chi connectivity index (χ4v) is 5.15. The molecule has 2 bridgehead atoms. The van der Waals surface area contributed by atoms with E-state index in [1.54, 1.807) is 11.3 Å². The first-order valence-electron chi connectivity index (χ1n) is 7.38. The minimum atomic E-state index is 0.336. The minimum Gasteiger partial charge on any atom is -0.367 e. The van der Waals surface area contributed by atoms with Gasteiger partial charge in [0.25, 0.3) is 0 Å². The first-order chi connectivity index (χ1) is 9.70. The maximum Gasteiger partial charge on any atom is 0.225 e. The molecule has 0 radical (unpaired) electrons. The van der Waals surface area contributed by atoms with Crippen molar-refractivity contribution in [2.24, 2.45) is 17.8 Å². The highest BCUT2D eigenvalue weighted by Crippen LogP contribution is 2.50. The van der Waals surface area contributed by atoms with Gasteiger partial charge >= 0.3 is 0 Å². The van der Waals surface area contributed by atoms with Crippen molar-refractivity contribution in [1.82, 2.24) is 9.97 Å². The maximum atomic E-state index is 6.03. The zero-order valence-corrected chi connectivity index (χ0v) is 13.0. The highest BCUT2D eigenvalue weighted by atomic mass is 35.5. The molecule has 3 nitrogen and oxygen atoms in total. The van der Waals surface area contributed by atoms with Crippen molar-refractivity contribution in [1.29, 1.82) is 0 Å². The van der Waals surface area contributed by atoms with Gasteiger partial charge in [-0.2, -0.15) is 0 Å². The summed E-state index contributed by atoms with van der Waals surface area (Å²) in [4.78, 5) is 9.63. The van der Waals surface area contributed by atoms with E-state index in [1.807, 2.05) is 5.38 Å². The van der Waals surface area contributed by atoms with Crippen LogP contribution in [0.4, 0.5) is 5.82 Å². The molecular formula is C15H18ClN3S. The Bertz CT molecular complexity index is 641. The molecule has 2 heterocycles. The molecule has 2 aliphatic rings. The van der Waals surface area contributed by atoms with Crippen LogP contribution in [0.1, 0.15) is 32.6 Å². The van der Waals surface area contributed by atoms with Crippen LogP contribution in [0.2, 0.25) is 5.28 Å². The van der Waals surface area contributed by atoms with E-state index in [0.717, 1.165) is 33.8 Å². The van der Waals surface area contributed by atoms with Crippen molar-refractivity contribution in [3.8, 4) is 0 Å². The van der Waals surface area contributed by atoms with Gasteiger partial charge in [0.15, 0.2) is 0 Å². The van der Waals surface area contributed by atoms with Crippen LogP contribution in [-0.4, -0.2) is 16.0 Å². The third-order valence-corrected chi connectivity index (χ3v) is 6.07. The van der Waals surface area contributed by atoms with Gasteiger partial charge in [0.2, 0.25) is 5.28 Å². The van der Waals surface area contributed by atoms with Crippen LogP contribution < -0.4 is 5.32 Å².